The van der Waals surface area contributed by atoms with Crippen LogP contribution in [0.4, 0.5) is 13.2 Å². The molecule has 0 saturated heterocycles. The van der Waals surface area contributed by atoms with Gasteiger partial charge in [-0.3, -0.25) is 9.59 Å². The monoisotopic (exact) mass is 391 g/mol. The third-order valence-corrected chi connectivity index (χ3v) is 4.89. The summed E-state index contributed by atoms with van der Waals surface area (Å²) in [5, 5.41) is 11.9. The van der Waals surface area contributed by atoms with Crippen molar-refractivity contribution in [1.82, 2.24) is 5.32 Å². The minimum absolute atomic E-state index is 0.123. The molecule has 1 unspecified atom stereocenters. The Bertz CT molecular complexity index is 834. The summed E-state index contributed by atoms with van der Waals surface area (Å²) in [4.78, 5) is 23.6. The molecule has 1 aliphatic carbocycles. The number of hydrogen-bond donors (Lipinski definition) is 2. The number of alkyl halides is 3. The topological polar surface area (TPSA) is 66.4 Å². The Morgan fingerprint density at radius 3 is 2.29 bits per heavy atom. The van der Waals surface area contributed by atoms with Crippen molar-refractivity contribution in [3.8, 4) is 0 Å². The molecule has 148 valence electrons. The van der Waals surface area contributed by atoms with Gasteiger partial charge in [0.15, 0.2) is 0 Å². The smallest absolute Gasteiger partial charge is 0.416 e. The van der Waals surface area contributed by atoms with E-state index >= 15 is 0 Å². The van der Waals surface area contributed by atoms with Crippen molar-refractivity contribution in [2.45, 2.75) is 37.4 Å². The number of carboxylic acid groups (broad SMARTS) is 1. The molecule has 1 aliphatic rings. The Morgan fingerprint density at radius 2 is 1.71 bits per heavy atom. The molecule has 4 nitrogen and oxygen atoms in total. The summed E-state index contributed by atoms with van der Waals surface area (Å²) in [6.07, 6.45) is -3.87. The highest BCUT2D eigenvalue weighted by Gasteiger charge is 2.44. The van der Waals surface area contributed by atoms with Gasteiger partial charge in [0.25, 0.3) is 0 Å². The summed E-state index contributed by atoms with van der Waals surface area (Å²) in [7, 11) is 0. The van der Waals surface area contributed by atoms with Crippen LogP contribution in [0.15, 0.2) is 54.6 Å². The minimum Gasteiger partial charge on any atom is -0.481 e. The van der Waals surface area contributed by atoms with Gasteiger partial charge in [-0.15, -0.1) is 0 Å². The normalized spacial score (nSPS) is 19.7. The second kappa shape index (κ2) is 8.04. The quantitative estimate of drug-likeness (QED) is 0.750. The highest BCUT2D eigenvalue weighted by Crippen LogP contribution is 2.47. The zero-order valence-corrected chi connectivity index (χ0v) is 14.9. The fraction of sp³-hybridized carbons (Fsp3) is 0.333. The maximum absolute atomic E-state index is 12.7. The fourth-order valence-electron chi connectivity index (χ4n) is 3.36. The third-order valence-electron chi connectivity index (χ3n) is 4.89. The largest absolute Gasteiger partial charge is 0.481 e. The molecule has 28 heavy (non-hydrogen) atoms. The van der Waals surface area contributed by atoms with Crippen LogP contribution in [0.5, 0.6) is 0 Å². The Hall–Kier alpha value is -2.83. The van der Waals surface area contributed by atoms with Crippen LogP contribution in [0.25, 0.3) is 0 Å². The summed E-state index contributed by atoms with van der Waals surface area (Å²) >= 11 is 0. The standard InChI is InChI=1S/C21H20F3NO3/c22-21(23,24)15-8-6-13(7-9-15)10-16(11-19(26)27)25-20(28)18-12-17(18)14-4-2-1-3-5-14/h1-9,16-18H,10-12H2,(H,25,28)(H,26,27)/t16-,17?,18-/m0/s1. The molecular formula is C21H20F3NO3. The van der Waals surface area contributed by atoms with E-state index in [2.05, 4.69) is 5.32 Å². The number of aliphatic carboxylic acids is 1. The van der Waals surface area contributed by atoms with Gasteiger partial charge in [0, 0.05) is 12.0 Å². The Morgan fingerprint density at radius 1 is 1.07 bits per heavy atom. The molecule has 0 aliphatic heterocycles. The second-order valence-electron chi connectivity index (χ2n) is 7.06. The predicted molar refractivity (Wildman–Crippen MR) is 96.6 cm³/mol. The van der Waals surface area contributed by atoms with E-state index in [-0.39, 0.29) is 30.6 Å². The summed E-state index contributed by atoms with van der Waals surface area (Å²) in [6.45, 7) is 0. The molecule has 0 radical (unpaired) electrons. The van der Waals surface area contributed by atoms with Gasteiger partial charge in [0.2, 0.25) is 5.91 Å². The third kappa shape index (κ3) is 5.12. The van der Waals surface area contributed by atoms with Crippen LogP contribution in [0, 0.1) is 5.92 Å². The summed E-state index contributed by atoms with van der Waals surface area (Å²) < 4.78 is 38.0. The number of carboxylic acids is 1. The zero-order valence-electron chi connectivity index (χ0n) is 14.9. The van der Waals surface area contributed by atoms with Crippen molar-refractivity contribution in [2.75, 3.05) is 0 Å². The van der Waals surface area contributed by atoms with Crippen LogP contribution in [-0.4, -0.2) is 23.0 Å². The first-order valence-corrected chi connectivity index (χ1v) is 8.97. The molecule has 7 heteroatoms. The van der Waals surface area contributed by atoms with Gasteiger partial charge in [-0.1, -0.05) is 42.5 Å². The van der Waals surface area contributed by atoms with Crippen molar-refractivity contribution in [1.29, 1.82) is 0 Å². The van der Waals surface area contributed by atoms with Gasteiger partial charge in [-0.2, -0.15) is 13.2 Å². The van der Waals surface area contributed by atoms with Crippen molar-refractivity contribution < 1.29 is 27.9 Å². The van der Waals surface area contributed by atoms with E-state index in [1.807, 2.05) is 30.3 Å². The van der Waals surface area contributed by atoms with Gasteiger partial charge >= 0.3 is 12.1 Å². The Kier molecular flexibility index (Phi) is 5.72. The van der Waals surface area contributed by atoms with Crippen LogP contribution >= 0.6 is 0 Å². The average molecular weight is 391 g/mol. The van der Waals surface area contributed by atoms with Gasteiger partial charge in [0.1, 0.15) is 0 Å². The van der Waals surface area contributed by atoms with Gasteiger partial charge in [0.05, 0.1) is 12.0 Å². The molecule has 0 aromatic heterocycles. The molecule has 0 heterocycles. The highest BCUT2D eigenvalue weighted by atomic mass is 19.4. The number of rotatable bonds is 7. The number of carbonyl (C=O) groups is 2. The molecule has 1 fully saturated rings. The SMILES string of the molecule is O=C(O)C[C@H](Cc1ccc(C(F)(F)F)cc1)NC(=O)[C@H]1CC1c1ccccc1. The van der Waals surface area contributed by atoms with Crippen molar-refractivity contribution >= 4 is 11.9 Å². The molecule has 3 atom stereocenters. The first-order valence-electron chi connectivity index (χ1n) is 8.97. The number of nitrogens with one attached hydrogen (secondary N) is 1. The summed E-state index contributed by atoms with van der Waals surface area (Å²) in [5.41, 5.74) is 0.842. The van der Waals surface area contributed by atoms with Gasteiger partial charge in [-0.25, -0.2) is 0 Å². The van der Waals surface area contributed by atoms with E-state index in [9.17, 15) is 22.8 Å². The van der Waals surface area contributed by atoms with Gasteiger partial charge in [-0.05, 0) is 42.0 Å². The number of benzene rings is 2. The number of amides is 1. The van der Waals surface area contributed by atoms with E-state index in [1.54, 1.807) is 0 Å². The molecular weight excluding hydrogens is 371 g/mol. The second-order valence-corrected chi connectivity index (χ2v) is 7.06. The van der Waals surface area contributed by atoms with Crippen LogP contribution in [-0.2, 0) is 22.2 Å². The molecule has 3 rings (SSSR count). The maximum atomic E-state index is 12.7. The summed E-state index contributed by atoms with van der Waals surface area (Å²) in [5.74, 6) is -1.37. The van der Waals surface area contributed by atoms with E-state index < -0.39 is 23.8 Å². The number of hydrogen-bond acceptors (Lipinski definition) is 2. The summed E-state index contributed by atoms with van der Waals surface area (Å²) in [6, 6.07) is 13.5. The Balaban J connectivity index is 1.62. The molecule has 1 saturated carbocycles. The van der Waals surface area contributed by atoms with Crippen LogP contribution in [0.3, 0.4) is 0 Å². The average Bonchev–Trinajstić information content (AvgIpc) is 3.42. The molecule has 0 spiro atoms. The van der Waals surface area contributed by atoms with E-state index in [1.165, 1.54) is 12.1 Å². The van der Waals surface area contributed by atoms with Crippen molar-refractivity contribution in [2.24, 2.45) is 5.92 Å². The lowest BCUT2D eigenvalue weighted by atomic mass is 10.0. The van der Waals surface area contributed by atoms with Crippen LogP contribution in [0.1, 0.15) is 35.4 Å². The van der Waals surface area contributed by atoms with E-state index in [4.69, 9.17) is 5.11 Å². The van der Waals surface area contributed by atoms with Crippen molar-refractivity contribution in [3.05, 3.63) is 71.3 Å². The van der Waals surface area contributed by atoms with E-state index in [0.29, 0.717) is 12.0 Å². The van der Waals surface area contributed by atoms with Gasteiger partial charge < -0.3 is 10.4 Å². The first-order chi connectivity index (χ1) is 13.2. The fourth-order valence-corrected chi connectivity index (χ4v) is 3.36. The van der Waals surface area contributed by atoms with Crippen LogP contribution < -0.4 is 5.32 Å². The molecule has 0 bridgehead atoms. The molecule has 2 aromatic rings. The zero-order chi connectivity index (χ0) is 20.3. The van der Waals surface area contributed by atoms with Crippen LogP contribution in [0.2, 0.25) is 0 Å². The predicted octanol–water partition coefficient (Wildman–Crippen LogP) is 4.01. The first kappa shape index (κ1) is 19.9. The number of carbonyl (C=O) groups excluding carboxylic acids is 1. The van der Waals surface area contributed by atoms with E-state index in [0.717, 1.165) is 17.7 Å². The lowest BCUT2D eigenvalue weighted by Crippen LogP contribution is -2.39. The lowest BCUT2D eigenvalue weighted by molar-refractivity contribution is -0.138. The maximum Gasteiger partial charge on any atom is 0.416 e. The highest BCUT2D eigenvalue weighted by molar-refractivity contribution is 5.83. The minimum atomic E-state index is -4.42. The molecule has 2 N–H and O–H groups in total. The Labute approximate surface area is 160 Å². The number of halogens is 3. The van der Waals surface area contributed by atoms with Crippen molar-refractivity contribution in [3.63, 3.8) is 0 Å². The molecule has 1 amide bonds. The molecule has 2 aromatic carbocycles. The lowest BCUT2D eigenvalue weighted by Gasteiger charge is -2.18.